The summed E-state index contributed by atoms with van der Waals surface area (Å²) in [5.74, 6) is -0.538. The summed E-state index contributed by atoms with van der Waals surface area (Å²) in [6.07, 6.45) is 1.67. The number of likely N-dealkylation sites (N-methyl/N-ethyl adjacent to an activating group) is 2. The lowest BCUT2D eigenvalue weighted by Crippen LogP contribution is -2.54. The maximum Gasteiger partial charge on any atom is 0.169 e. The largest absolute Gasteiger partial charge is 0.338 e. The quantitative estimate of drug-likeness (QED) is 0.141. The zero-order valence-corrected chi connectivity index (χ0v) is 26.6. The first kappa shape index (κ1) is 31.2. The summed E-state index contributed by atoms with van der Waals surface area (Å²) in [6, 6.07) is 43.6. The Kier molecular flexibility index (Phi) is 10.1. The van der Waals surface area contributed by atoms with E-state index in [-0.39, 0.29) is 12.2 Å². The van der Waals surface area contributed by atoms with Gasteiger partial charge in [0.25, 0.3) is 0 Å². The van der Waals surface area contributed by atoms with Crippen LogP contribution in [-0.2, 0) is 35.7 Å². The Morgan fingerprint density at radius 2 is 0.721 bits per heavy atom. The Morgan fingerprint density at radius 3 is 0.953 bits per heavy atom. The third kappa shape index (κ3) is 8.43. The summed E-state index contributed by atoms with van der Waals surface area (Å²) < 4.78 is 15.8. The van der Waals surface area contributed by atoms with Gasteiger partial charge in [-0.2, -0.15) is 0 Å². The summed E-state index contributed by atoms with van der Waals surface area (Å²) in [5, 5.41) is 0. The molecule has 0 aliphatic carbocycles. The Morgan fingerprint density at radius 1 is 0.465 bits per heavy atom. The number of benzene rings is 4. The Hall–Kier alpha value is -3.28. The zero-order valence-electron chi connectivity index (χ0n) is 26.6. The first-order chi connectivity index (χ1) is 20.8. The van der Waals surface area contributed by atoms with Crippen molar-refractivity contribution in [3.05, 3.63) is 144 Å². The highest BCUT2D eigenvalue weighted by atomic mass is 16.8. The van der Waals surface area contributed by atoms with Crippen LogP contribution in [0.5, 0.6) is 0 Å². The zero-order chi connectivity index (χ0) is 30.2. The van der Waals surface area contributed by atoms with Crippen LogP contribution in [0.4, 0.5) is 0 Å². The van der Waals surface area contributed by atoms with E-state index in [0.717, 1.165) is 61.1 Å². The van der Waals surface area contributed by atoms with Crippen molar-refractivity contribution in [1.29, 1.82) is 0 Å². The lowest BCUT2D eigenvalue weighted by atomic mass is 10.1. The van der Waals surface area contributed by atoms with Gasteiger partial charge in [0.1, 0.15) is 51.5 Å². The van der Waals surface area contributed by atoms with Gasteiger partial charge in [0.05, 0.1) is 14.1 Å². The van der Waals surface area contributed by atoms with Gasteiger partial charge < -0.3 is 18.4 Å². The monoisotopic (exact) mass is 578 g/mol. The summed E-state index contributed by atoms with van der Waals surface area (Å²) >= 11 is 0. The summed E-state index contributed by atoms with van der Waals surface area (Å²) in [6.45, 7) is 9.92. The molecule has 0 radical (unpaired) electrons. The van der Waals surface area contributed by atoms with Crippen LogP contribution in [0.3, 0.4) is 0 Å². The second-order valence-electron chi connectivity index (χ2n) is 13.1. The number of quaternary nitrogens is 2. The van der Waals surface area contributed by atoms with Gasteiger partial charge in [-0.1, -0.05) is 135 Å². The number of hydrogen-bond donors (Lipinski definition) is 0. The summed E-state index contributed by atoms with van der Waals surface area (Å²) in [4.78, 5) is 0. The molecule has 5 rings (SSSR count). The molecule has 0 N–H and O–H groups in total. The molecule has 1 aliphatic heterocycles. The van der Waals surface area contributed by atoms with Crippen LogP contribution in [0.15, 0.2) is 121 Å². The number of rotatable bonds is 14. The van der Waals surface area contributed by atoms with Gasteiger partial charge in [0, 0.05) is 22.3 Å². The van der Waals surface area contributed by atoms with Gasteiger partial charge in [-0.05, 0) is 12.8 Å². The molecule has 0 spiro atoms. The molecule has 0 amide bonds. The fourth-order valence-corrected chi connectivity index (χ4v) is 6.96. The summed E-state index contributed by atoms with van der Waals surface area (Å²) in [5.41, 5.74) is 5.40. The molecule has 1 aliphatic rings. The normalized spacial score (nSPS) is 18.5. The van der Waals surface area contributed by atoms with Crippen molar-refractivity contribution in [3.63, 3.8) is 0 Å². The second kappa shape index (κ2) is 14.0. The summed E-state index contributed by atoms with van der Waals surface area (Å²) in [7, 11) is 4.78. The van der Waals surface area contributed by atoms with Gasteiger partial charge >= 0.3 is 0 Å². The van der Waals surface area contributed by atoms with E-state index < -0.39 is 5.79 Å². The predicted octanol–water partition coefficient (Wildman–Crippen LogP) is 7.98. The van der Waals surface area contributed by atoms with Gasteiger partial charge in [-0.3, -0.25) is 0 Å². The maximum absolute atomic E-state index is 7.03. The highest BCUT2D eigenvalue weighted by Gasteiger charge is 2.51. The predicted molar refractivity (Wildman–Crippen MR) is 176 cm³/mol. The lowest BCUT2D eigenvalue weighted by molar-refractivity contribution is -0.944. The highest BCUT2D eigenvalue weighted by molar-refractivity contribution is 5.17. The van der Waals surface area contributed by atoms with Crippen LogP contribution in [0.2, 0.25) is 0 Å². The first-order valence-electron chi connectivity index (χ1n) is 16.0. The Labute approximate surface area is 259 Å². The minimum Gasteiger partial charge on any atom is -0.338 e. The van der Waals surface area contributed by atoms with Crippen LogP contribution in [0.25, 0.3) is 0 Å². The van der Waals surface area contributed by atoms with Crippen molar-refractivity contribution in [2.45, 2.75) is 70.9 Å². The van der Waals surface area contributed by atoms with Crippen molar-refractivity contribution in [2.24, 2.45) is 0 Å². The van der Waals surface area contributed by atoms with Gasteiger partial charge in [-0.15, -0.1) is 0 Å². The third-order valence-electron chi connectivity index (χ3n) is 9.09. The van der Waals surface area contributed by atoms with E-state index in [9.17, 15) is 0 Å². The average Bonchev–Trinajstić information content (AvgIpc) is 3.35. The van der Waals surface area contributed by atoms with Crippen LogP contribution < -0.4 is 0 Å². The third-order valence-corrected chi connectivity index (χ3v) is 9.09. The fraction of sp³-hybridized carbons (Fsp3) is 0.385. The minimum absolute atomic E-state index is 0.0127. The van der Waals surface area contributed by atoms with E-state index in [1.54, 1.807) is 0 Å². The highest BCUT2D eigenvalue weighted by Crippen LogP contribution is 2.38. The smallest absolute Gasteiger partial charge is 0.169 e. The van der Waals surface area contributed by atoms with Crippen molar-refractivity contribution in [1.82, 2.24) is 0 Å². The number of hydrogen-bond acceptors (Lipinski definition) is 2. The first-order valence-corrected chi connectivity index (χ1v) is 16.0. The van der Waals surface area contributed by atoms with E-state index >= 15 is 0 Å². The molecule has 2 atom stereocenters. The molecular weight excluding hydrogens is 528 g/mol. The SMILES string of the molecule is CCC1(CC)O[C@@H](C[N+](C)(Cc2ccccc2)Cc2ccccc2)[C@H](C[N+](C)(Cc2ccccc2)Cc2ccccc2)O1. The molecule has 1 heterocycles. The lowest BCUT2D eigenvalue weighted by Gasteiger charge is -2.40. The van der Waals surface area contributed by atoms with Crippen molar-refractivity contribution < 1.29 is 18.4 Å². The molecular formula is C39H50N2O2+2. The molecule has 0 saturated carbocycles. The van der Waals surface area contributed by atoms with E-state index in [1.165, 1.54) is 22.3 Å². The van der Waals surface area contributed by atoms with Crippen LogP contribution in [0.1, 0.15) is 48.9 Å². The number of nitrogens with zero attached hydrogens (tertiary/aromatic N) is 2. The number of ether oxygens (including phenoxy) is 2. The fourth-order valence-electron chi connectivity index (χ4n) is 6.96. The van der Waals surface area contributed by atoms with Gasteiger partial charge in [-0.25, -0.2) is 0 Å². The van der Waals surface area contributed by atoms with E-state index in [2.05, 4.69) is 149 Å². The standard InChI is InChI=1S/C39H50N2O2/c1-5-39(6-2)42-37(31-40(3,27-33-19-11-7-12-20-33)28-34-21-13-8-14-22-34)38(43-39)32-41(4,29-35-23-15-9-16-24-35)30-36-25-17-10-18-26-36/h7-26,37-38H,5-6,27-32H2,1-4H3/q+2/t37-,38-/m0/s1. The molecule has 0 bridgehead atoms. The van der Waals surface area contributed by atoms with Crippen LogP contribution >= 0.6 is 0 Å². The molecule has 0 aromatic heterocycles. The van der Waals surface area contributed by atoms with Gasteiger partial charge in [0.2, 0.25) is 0 Å². The van der Waals surface area contributed by atoms with Crippen molar-refractivity contribution in [3.8, 4) is 0 Å². The molecule has 4 aromatic carbocycles. The molecule has 0 unspecified atom stereocenters. The molecule has 4 nitrogen and oxygen atoms in total. The molecule has 4 heteroatoms. The maximum atomic E-state index is 7.03. The van der Waals surface area contributed by atoms with E-state index in [0.29, 0.717) is 0 Å². The Balaban J connectivity index is 1.46. The van der Waals surface area contributed by atoms with Gasteiger partial charge in [0.15, 0.2) is 5.79 Å². The van der Waals surface area contributed by atoms with Crippen LogP contribution in [0, 0.1) is 0 Å². The molecule has 43 heavy (non-hydrogen) atoms. The van der Waals surface area contributed by atoms with Crippen molar-refractivity contribution in [2.75, 3.05) is 27.2 Å². The van der Waals surface area contributed by atoms with E-state index in [1.807, 2.05) is 0 Å². The second-order valence-corrected chi connectivity index (χ2v) is 13.1. The minimum atomic E-state index is -0.538. The molecule has 1 fully saturated rings. The molecule has 1 saturated heterocycles. The topological polar surface area (TPSA) is 18.5 Å². The molecule has 226 valence electrons. The van der Waals surface area contributed by atoms with Crippen molar-refractivity contribution >= 4 is 0 Å². The Bertz CT molecular complexity index is 1190. The molecule has 4 aromatic rings. The average molecular weight is 579 g/mol. The van der Waals surface area contributed by atoms with E-state index in [4.69, 9.17) is 9.47 Å². The van der Waals surface area contributed by atoms with Crippen LogP contribution in [-0.4, -0.2) is 54.1 Å².